The molecule has 1 amide bonds. The van der Waals surface area contributed by atoms with Crippen molar-refractivity contribution >= 4 is 17.6 Å². The van der Waals surface area contributed by atoms with Gasteiger partial charge < -0.3 is 9.84 Å². The number of hydrogen-bond donors (Lipinski definition) is 2. The van der Waals surface area contributed by atoms with Crippen molar-refractivity contribution in [3.63, 3.8) is 0 Å². The second kappa shape index (κ2) is 6.70. The molecule has 0 saturated heterocycles. The normalized spacial score (nSPS) is 12.7. The lowest BCUT2D eigenvalue weighted by atomic mass is 10.1. The molecule has 0 heterocycles. The number of carbonyl (C=O) groups is 2. The van der Waals surface area contributed by atoms with Crippen molar-refractivity contribution in [3.8, 4) is 5.75 Å². The van der Waals surface area contributed by atoms with Gasteiger partial charge in [0, 0.05) is 0 Å². The van der Waals surface area contributed by atoms with E-state index in [1.54, 1.807) is 6.92 Å². The van der Waals surface area contributed by atoms with Gasteiger partial charge in [0.25, 0.3) is 5.91 Å². The molecule has 2 N–H and O–H groups in total. The van der Waals surface area contributed by atoms with Crippen LogP contribution in [0, 0.1) is 13.8 Å². The van der Waals surface area contributed by atoms with Crippen LogP contribution in [0.1, 0.15) is 25.0 Å². The van der Waals surface area contributed by atoms with E-state index in [4.69, 9.17) is 9.84 Å². The van der Waals surface area contributed by atoms with Gasteiger partial charge in [-0.15, -0.1) is 0 Å². The molecule has 1 rings (SSSR count). The molecule has 0 aliphatic rings. The highest BCUT2D eigenvalue weighted by Crippen LogP contribution is 2.17. The van der Waals surface area contributed by atoms with Crippen molar-refractivity contribution in [1.82, 2.24) is 5.43 Å². The lowest BCUT2D eigenvalue weighted by Gasteiger charge is -2.14. The van der Waals surface area contributed by atoms with Gasteiger partial charge in [0.15, 0.2) is 6.10 Å². The third-order valence-electron chi connectivity index (χ3n) is 2.52. The zero-order valence-corrected chi connectivity index (χ0v) is 11.9. The van der Waals surface area contributed by atoms with Crippen LogP contribution in [-0.2, 0) is 9.59 Å². The van der Waals surface area contributed by atoms with Gasteiger partial charge in [0.05, 0.1) is 0 Å². The van der Waals surface area contributed by atoms with E-state index in [1.807, 2.05) is 32.0 Å². The highest BCUT2D eigenvalue weighted by atomic mass is 16.5. The Kier molecular flexibility index (Phi) is 5.25. The molecule has 0 radical (unpaired) electrons. The lowest BCUT2D eigenvalue weighted by Crippen LogP contribution is -2.34. The van der Waals surface area contributed by atoms with Crippen LogP contribution in [0.3, 0.4) is 0 Å². The summed E-state index contributed by atoms with van der Waals surface area (Å²) in [6, 6.07) is 5.64. The number of carbonyl (C=O) groups excluding carboxylic acids is 1. The summed E-state index contributed by atoms with van der Waals surface area (Å²) in [5, 5.41) is 12.1. The summed E-state index contributed by atoms with van der Waals surface area (Å²) in [5.74, 6) is -1.11. The summed E-state index contributed by atoms with van der Waals surface area (Å²) >= 11 is 0. The van der Waals surface area contributed by atoms with Crippen molar-refractivity contribution in [2.45, 2.75) is 33.8 Å². The highest BCUT2D eigenvalue weighted by Gasteiger charge is 2.15. The lowest BCUT2D eigenvalue weighted by molar-refractivity contribution is -0.129. The van der Waals surface area contributed by atoms with Crippen LogP contribution in [0.15, 0.2) is 23.3 Å². The van der Waals surface area contributed by atoms with Gasteiger partial charge in [0.1, 0.15) is 11.5 Å². The van der Waals surface area contributed by atoms with Crippen LogP contribution in [0.5, 0.6) is 5.75 Å². The fourth-order valence-electron chi connectivity index (χ4n) is 1.54. The molecule has 1 aromatic carbocycles. The molecule has 108 valence electrons. The number of aliphatic carboxylic acids is 1. The molecule has 0 aliphatic heterocycles. The first-order valence-corrected chi connectivity index (χ1v) is 6.12. The molecule has 0 aromatic heterocycles. The number of benzene rings is 1. The maximum Gasteiger partial charge on any atom is 0.351 e. The average Bonchev–Trinajstić information content (AvgIpc) is 2.33. The molecule has 0 bridgehead atoms. The van der Waals surface area contributed by atoms with E-state index in [2.05, 4.69) is 10.5 Å². The van der Waals surface area contributed by atoms with Crippen molar-refractivity contribution in [1.29, 1.82) is 0 Å². The Morgan fingerprint density at radius 1 is 1.25 bits per heavy atom. The van der Waals surface area contributed by atoms with E-state index in [9.17, 15) is 9.59 Å². The van der Waals surface area contributed by atoms with Crippen LogP contribution in [0.25, 0.3) is 0 Å². The number of rotatable bonds is 5. The standard InChI is InChI=1S/C14H18N2O4/c1-8-5-9(2)7-12(6-8)20-11(4)13(17)16-15-10(3)14(18)19/h5-7,11H,1-4H3,(H,16,17)(H,18,19)/b15-10-. The number of nitrogens with zero attached hydrogens (tertiary/aromatic N) is 1. The molecule has 0 saturated carbocycles. The molecular weight excluding hydrogens is 260 g/mol. The van der Waals surface area contributed by atoms with E-state index in [0.29, 0.717) is 5.75 Å². The summed E-state index contributed by atoms with van der Waals surface area (Å²) < 4.78 is 5.50. The second-order valence-electron chi connectivity index (χ2n) is 4.56. The van der Waals surface area contributed by atoms with Crippen LogP contribution in [-0.4, -0.2) is 28.8 Å². The van der Waals surface area contributed by atoms with Crippen LogP contribution in [0.2, 0.25) is 0 Å². The molecule has 0 aliphatic carbocycles. The Balaban J connectivity index is 2.66. The molecule has 6 heteroatoms. The number of carboxylic acids is 1. The topological polar surface area (TPSA) is 88.0 Å². The predicted octanol–water partition coefficient (Wildman–Crippen LogP) is 1.65. The summed E-state index contributed by atoms with van der Waals surface area (Å²) in [7, 11) is 0. The molecular formula is C14H18N2O4. The van der Waals surface area contributed by atoms with Crippen LogP contribution >= 0.6 is 0 Å². The van der Waals surface area contributed by atoms with Gasteiger partial charge in [0.2, 0.25) is 0 Å². The molecule has 0 spiro atoms. The van der Waals surface area contributed by atoms with Crippen LogP contribution in [0.4, 0.5) is 0 Å². The third kappa shape index (κ3) is 4.72. The summed E-state index contributed by atoms with van der Waals surface area (Å²) in [4.78, 5) is 22.2. The molecule has 1 atom stereocenters. The van der Waals surface area contributed by atoms with Gasteiger partial charge in [-0.05, 0) is 51.0 Å². The number of hydrogen-bond acceptors (Lipinski definition) is 4. The van der Waals surface area contributed by atoms with Gasteiger partial charge in [-0.25, -0.2) is 10.2 Å². The monoisotopic (exact) mass is 278 g/mol. The van der Waals surface area contributed by atoms with E-state index < -0.39 is 18.0 Å². The number of amides is 1. The Morgan fingerprint density at radius 3 is 2.30 bits per heavy atom. The van der Waals surface area contributed by atoms with Crippen molar-refractivity contribution < 1.29 is 19.4 Å². The number of hydrazone groups is 1. The third-order valence-corrected chi connectivity index (χ3v) is 2.52. The zero-order chi connectivity index (χ0) is 15.3. The molecule has 20 heavy (non-hydrogen) atoms. The number of aryl methyl sites for hydroxylation is 2. The van der Waals surface area contributed by atoms with Gasteiger partial charge in [-0.1, -0.05) is 6.07 Å². The predicted molar refractivity (Wildman–Crippen MR) is 74.9 cm³/mol. The first-order chi connectivity index (χ1) is 9.29. The van der Waals surface area contributed by atoms with E-state index >= 15 is 0 Å². The van der Waals surface area contributed by atoms with E-state index in [0.717, 1.165) is 11.1 Å². The average molecular weight is 278 g/mol. The van der Waals surface area contributed by atoms with Crippen LogP contribution < -0.4 is 10.2 Å². The van der Waals surface area contributed by atoms with E-state index in [-0.39, 0.29) is 5.71 Å². The van der Waals surface area contributed by atoms with Gasteiger partial charge in [-0.2, -0.15) is 5.10 Å². The van der Waals surface area contributed by atoms with Crippen molar-refractivity contribution in [2.75, 3.05) is 0 Å². The Hall–Kier alpha value is -2.37. The number of ether oxygens (including phenoxy) is 1. The summed E-state index contributed by atoms with van der Waals surface area (Å²) in [6.45, 7) is 6.73. The minimum Gasteiger partial charge on any atom is -0.481 e. The first kappa shape index (κ1) is 15.7. The minimum atomic E-state index is -1.19. The zero-order valence-electron chi connectivity index (χ0n) is 11.9. The summed E-state index contributed by atoms with van der Waals surface area (Å²) in [6.07, 6.45) is -0.776. The minimum absolute atomic E-state index is 0.197. The van der Waals surface area contributed by atoms with Crippen molar-refractivity contribution in [3.05, 3.63) is 29.3 Å². The highest BCUT2D eigenvalue weighted by molar-refractivity contribution is 6.34. The largest absolute Gasteiger partial charge is 0.481 e. The van der Waals surface area contributed by atoms with Crippen molar-refractivity contribution in [2.24, 2.45) is 5.10 Å². The number of carboxylic acid groups (broad SMARTS) is 1. The molecule has 1 unspecified atom stereocenters. The Bertz CT molecular complexity index is 532. The molecule has 1 aromatic rings. The Morgan fingerprint density at radius 2 is 1.80 bits per heavy atom. The fourth-order valence-corrected chi connectivity index (χ4v) is 1.54. The molecule has 6 nitrogen and oxygen atoms in total. The Labute approximate surface area is 117 Å². The van der Waals surface area contributed by atoms with Gasteiger partial charge >= 0.3 is 5.97 Å². The maximum absolute atomic E-state index is 11.7. The SMILES string of the molecule is C/C(=N/NC(=O)C(C)Oc1cc(C)cc(C)c1)C(=O)O. The maximum atomic E-state index is 11.7. The van der Waals surface area contributed by atoms with E-state index in [1.165, 1.54) is 6.92 Å². The fraction of sp³-hybridized carbons (Fsp3) is 0.357. The van der Waals surface area contributed by atoms with Gasteiger partial charge in [-0.3, -0.25) is 4.79 Å². The second-order valence-corrected chi connectivity index (χ2v) is 4.56. The smallest absolute Gasteiger partial charge is 0.351 e. The molecule has 0 fully saturated rings. The first-order valence-electron chi connectivity index (χ1n) is 6.12. The number of nitrogens with one attached hydrogen (secondary N) is 1. The summed E-state index contributed by atoms with van der Waals surface area (Å²) in [5.41, 5.74) is 4.03. The quantitative estimate of drug-likeness (QED) is 0.633.